The number of rotatable bonds is 9. The smallest absolute Gasteiger partial charge is 0.180 e. The van der Waals surface area contributed by atoms with Crippen LogP contribution in [-0.2, 0) is 0 Å². The number of imidazole rings is 1. The molecule has 1 aliphatic rings. The van der Waals surface area contributed by atoms with Crippen LogP contribution in [0.4, 0.5) is 5.82 Å². The molecule has 0 saturated heterocycles. The largest absolute Gasteiger partial charge is 0.496 e. The van der Waals surface area contributed by atoms with Gasteiger partial charge in [-0.15, -0.1) is 0 Å². The van der Waals surface area contributed by atoms with Crippen molar-refractivity contribution in [3.63, 3.8) is 0 Å². The number of hydrogen-bond donors (Lipinski definition) is 2. The predicted molar refractivity (Wildman–Crippen MR) is 117 cm³/mol. The number of aromatic nitrogens is 3. The SMILES string of the molecule is COc1cc(C(=O)CC2CC2)ccc1-c1cnc2c(NCCCN)nc(Br)cn12. The van der Waals surface area contributed by atoms with Gasteiger partial charge in [-0.25, -0.2) is 9.97 Å². The number of Topliss-reactive ketones (excluding diaryl/α,β-unsaturated/α-hetero) is 1. The molecular formula is C21H24BrN5O2. The number of ether oxygens (including phenoxy) is 1. The Balaban J connectivity index is 1.71. The summed E-state index contributed by atoms with van der Waals surface area (Å²) in [5, 5.41) is 3.29. The Morgan fingerprint density at radius 3 is 2.97 bits per heavy atom. The summed E-state index contributed by atoms with van der Waals surface area (Å²) in [6, 6.07) is 5.63. The molecule has 0 unspecified atom stereocenters. The number of nitrogens with two attached hydrogens (primary N) is 1. The first-order chi connectivity index (χ1) is 14.1. The van der Waals surface area contributed by atoms with Gasteiger partial charge in [-0.2, -0.15) is 0 Å². The van der Waals surface area contributed by atoms with Crippen molar-refractivity contribution in [3.8, 4) is 17.0 Å². The quantitative estimate of drug-likeness (QED) is 0.373. The van der Waals surface area contributed by atoms with Crippen LogP contribution in [0.1, 0.15) is 36.0 Å². The van der Waals surface area contributed by atoms with Crippen molar-refractivity contribution < 1.29 is 9.53 Å². The zero-order valence-electron chi connectivity index (χ0n) is 16.3. The van der Waals surface area contributed by atoms with Crippen molar-refractivity contribution in [2.24, 2.45) is 11.7 Å². The van der Waals surface area contributed by atoms with Crippen LogP contribution in [0.3, 0.4) is 0 Å². The van der Waals surface area contributed by atoms with Crippen LogP contribution < -0.4 is 15.8 Å². The Morgan fingerprint density at radius 2 is 2.24 bits per heavy atom. The van der Waals surface area contributed by atoms with E-state index in [0.29, 0.717) is 40.6 Å². The minimum atomic E-state index is 0.175. The first kappa shape index (κ1) is 19.8. The van der Waals surface area contributed by atoms with Gasteiger partial charge in [0.25, 0.3) is 0 Å². The number of carbonyl (C=O) groups is 1. The number of benzene rings is 1. The second-order valence-electron chi connectivity index (χ2n) is 7.30. The van der Waals surface area contributed by atoms with Crippen LogP contribution >= 0.6 is 15.9 Å². The molecule has 4 rings (SSSR count). The van der Waals surface area contributed by atoms with Gasteiger partial charge in [-0.05, 0) is 59.8 Å². The summed E-state index contributed by atoms with van der Waals surface area (Å²) >= 11 is 3.48. The number of hydrogen-bond acceptors (Lipinski definition) is 6. The highest BCUT2D eigenvalue weighted by atomic mass is 79.9. The van der Waals surface area contributed by atoms with Crippen LogP contribution in [0.15, 0.2) is 35.2 Å². The number of fused-ring (bicyclic) bond motifs is 1. The van der Waals surface area contributed by atoms with Gasteiger partial charge in [0, 0.05) is 30.3 Å². The second-order valence-corrected chi connectivity index (χ2v) is 8.12. The maximum absolute atomic E-state index is 12.5. The molecule has 29 heavy (non-hydrogen) atoms. The van der Waals surface area contributed by atoms with E-state index in [0.717, 1.165) is 42.7 Å². The molecule has 2 heterocycles. The molecule has 0 aliphatic heterocycles. The Morgan fingerprint density at radius 1 is 1.41 bits per heavy atom. The molecule has 2 aromatic heterocycles. The van der Waals surface area contributed by atoms with Crippen molar-refractivity contribution in [3.05, 3.63) is 40.8 Å². The molecule has 1 aliphatic carbocycles. The number of nitrogens with zero attached hydrogens (tertiary/aromatic N) is 3. The molecule has 0 spiro atoms. The molecule has 1 aromatic carbocycles. The lowest BCUT2D eigenvalue weighted by molar-refractivity contribution is 0.0976. The van der Waals surface area contributed by atoms with Crippen LogP contribution in [0.2, 0.25) is 0 Å². The average Bonchev–Trinajstić information content (AvgIpc) is 3.44. The van der Waals surface area contributed by atoms with Gasteiger partial charge in [-0.3, -0.25) is 9.20 Å². The topological polar surface area (TPSA) is 94.5 Å². The standard InChI is InChI=1S/C21H24BrN5O2/c1-29-18-10-14(17(28)9-13-3-4-13)5-6-15(18)16-11-25-21-20(24-8-2-7-23)26-19(22)12-27(16)21/h5-6,10-13H,2-4,7-9,23H2,1H3,(H,24,26). The van der Waals surface area contributed by atoms with E-state index >= 15 is 0 Å². The minimum Gasteiger partial charge on any atom is -0.496 e. The minimum absolute atomic E-state index is 0.175. The molecule has 0 atom stereocenters. The number of nitrogens with one attached hydrogen (secondary N) is 1. The first-order valence-electron chi connectivity index (χ1n) is 9.80. The van der Waals surface area contributed by atoms with Gasteiger partial charge in [-0.1, -0.05) is 6.07 Å². The fourth-order valence-electron chi connectivity index (χ4n) is 3.36. The first-order valence-corrected chi connectivity index (χ1v) is 10.6. The van der Waals surface area contributed by atoms with Crippen LogP contribution in [0.25, 0.3) is 16.9 Å². The van der Waals surface area contributed by atoms with Crippen molar-refractivity contribution in [1.82, 2.24) is 14.4 Å². The normalized spacial score (nSPS) is 13.6. The van der Waals surface area contributed by atoms with Gasteiger partial charge in [0.15, 0.2) is 17.2 Å². The zero-order valence-corrected chi connectivity index (χ0v) is 17.9. The third kappa shape index (κ3) is 4.28. The van der Waals surface area contributed by atoms with Crippen LogP contribution in [0, 0.1) is 5.92 Å². The summed E-state index contributed by atoms with van der Waals surface area (Å²) in [5.74, 6) is 2.07. The van der Waals surface area contributed by atoms with Crippen LogP contribution in [-0.4, -0.2) is 40.4 Å². The van der Waals surface area contributed by atoms with Crippen molar-refractivity contribution >= 4 is 33.2 Å². The fraction of sp³-hybridized carbons (Fsp3) is 0.381. The highest BCUT2D eigenvalue weighted by Crippen LogP contribution is 2.36. The molecule has 0 amide bonds. The molecule has 3 N–H and O–H groups in total. The van der Waals surface area contributed by atoms with Gasteiger partial charge >= 0.3 is 0 Å². The van der Waals surface area contributed by atoms with E-state index in [1.54, 1.807) is 13.3 Å². The molecule has 3 aromatic rings. The van der Waals surface area contributed by atoms with E-state index in [9.17, 15) is 4.79 Å². The molecule has 0 radical (unpaired) electrons. The highest BCUT2D eigenvalue weighted by molar-refractivity contribution is 9.10. The summed E-state index contributed by atoms with van der Waals surface area (Å²) in [5.41, 5.74) is 8.73. The summed E-state index contributed by atoms with van der Waals surface area (Å²) in [4.78, 5) is 21.5. The molecule has 0 bridgehead atoms. The van der Waals surface area contributed by atoms with Gasteiger partial charge in [0.2, 0.25) is 0 Å². The Labute approximate surface area is 177 Å². The third-order valence-corrected chi connectivity index (χ3v) is 5.49. The summed E-state index contributed by atoms with van der Waals surface area (Å²) in [6.45, 7) is 1.33. The number of ketones is 1. The molecule has 7 nitrogen and oxygen atoms in total. The van der Waals surface area contributed by atoms with Crippen molar-refractivity contribution in [2.45, 2.75) is 25.7 Å². The number of halogens is 1. The summed E-state index contributed by atoms with van der Waals surface area (Å²) < 4.78 is 8.27. The number of carbonyl (C=O) groups excluding carboxylic acids is 1. The Kier molecular flexibility index (Phi) is 5.82. The summed E-state index contributed by atoms with van der Waals surface area (Å²) in [6.07, 6.45) is 7.45. The lowest BCUT2D eigenvalue weighted by atomic mass is 10.0. The molecule has 1 fully saturated rings. The van der Waals surface area contributed by atoms with Crippen molar-refractivity contribution in [1.29, 1.82) is 0 Å². The highest BCUT2D eigenvalue weighted by Gasteiger charge is 2.25. The fourth-order valence-corrected chi connectivity index (χ4v) is 3.75. The van der Waals surface area contributed by atoms with Crippen LogP contribution in [0.5, 0.6) is 5.75 Å². The maximum Gasteiger partial charge on any atom is 0.180 e. The van der Waals surface area contributed by atoms with E-state index in [1.165, 1.54) is 0 Å². The predicted octanol–water partition coefficient (Wildman–Crippen LogP) is 3.91. The lowest BCUT2D eigenvalue weighted by Gasteiger charge is -2.12. The van der Waals surface area contributed by atoms with E-state index in [-0.39, 0.29) is 5.78 Å². The lowest BCUT2D eigenvalue weighted by Crippen LogP contribution is -2.10. The second kappa shape index (κ2) is 8.51. The third-order valence-electron chi connectivity index (χ3n) is 5.11. The zero-order chi connectivity index (χ0) is 20.4. The van der Waals surface area contributed by atoms with Crippen molar-refractivity contribution in [2.75, 3.05) is 25.5 Å². The monoisotopic (exact) mass is 457 g/mol. The number of anilines is 1. The molecule has 8 heteroatoms. The number of methoxy groups -OCH3 is 1. The van der Waals surface area contributed by atoms with E-state index in [4.69, 9.17) is 10.5 Å². The van der Waals surface area contributed by atoms with E-state index in [2.05, 4.69) is 31.2 Å². The van der Waals surface area contributed by atoms with E-state index < -0.39 is 0 Å². The Hall–Kier alpha value is -2.45. The van der Waals surface area contributed by atoms with Gasteiger partial charge < -0.3 is 15.8 Å². The maximum atomic E-state index is 12.5. The molecule has 152 valence electrons. The van der Waals surface area contributed by atoms with E-state index in [1.807, 2.05) is 28.8 Å². The van der Waals surface area contributed by atoms with Gasteiger partial charge in [0.05, 0.1) is 19.0 Å². The molecular weight excluding hydrogens is 434 g/mol. The van der Waals surface area contributed by atoms with Gasteiger partial charge in [0.1, 0.15) is 10.4 Å². The molecule has 1 saturated carbocycles. The Bertz CT molecular complexity index is 1040. The average molecular weight is 458 g/mol. The summed E-state index contributed by atoms with van der Waals surface area (Å²) in [7, 11) is 1.62.